The van der Waals surface area contributed by atoms with E-state index in [1.165, 1.54) is 6.26 Å². The van der Waals surface area contributed by atoms with Crippen molar-refractivity contribution in [2.75, 3.05) is 26.4 Å². The summed E-state index contributed by atoms with van der Waals surface area (Å²) in [5.41, 5.74) is 1.08. The number of fused-ring (bicyclic) bond motifs is 1. The van der Waals surface area contributed by atoms with Crippen molar-refractivity contribution >= 4 is 11.6 Å². The van der Waals surface area contributed by atoms with Gasteiger partial charge in [0.2, 0.25) is 0 Å². The molecular weight excluding hydrogens is 266 g/mol. The molecule has 1 aliphatic heterocycles. The molecule has 1 heterocycles. The second-order valence-electron chi connectivity index (χ2n) is 4.17. The van der Waals surface area contributed by atoms with Crippen LogP contribution in [0.5, 0.6) is 11.5 Å². The van der Waals surface area contributed by atoms with Crippen LogP contribution in [0.15, 0.2) is 25.0 Å². The summed E-state index contributed by atoms with van der Waals surface area (Å²) in [6.45, 7) is 6.91. The first-order valence-electron chi connectivity index (χ1n) is 6.32. The summed E-state index contributed by atoms with van der Waals surface area (Å²) in [5.74, 6) is 1.38. The Balaban J connectivity index is 1.84. The van der Waals surface area contributed by atoms with E-state index in [0.29, 0.717) is 30.6 Å². The molecule has 4 nitrogen and oxygen atoms in total. The molecule has 19 heavy (non-hydrogen) atoms. The highest BCUT2D eigenvalue weighted by atomic mass is 35.5. The van der Waals surface area contributed by atoms with E-state index in [2.05, 4.69) is 11.9 Å². The molecule has 1 aliphatic rings. The third-order valence-corrected chi connectivity index (χ3v) is 3.00. The van der Waals surface area contributed by atoms with Crippen molar-refractivity contribution in [3.05, 3.63) is 35.6 Å². The van der Waals surface area contributed by atoms with Gasteiger partial charge in [-0.15, -0.1) is 0 Å². The smallest absolute Gasteiger partial charge is 0.179 e. The van der Waals surface area contributed by atoms with Gasteiger partial charge in [0.15, 0.2) is 11.5 Å². The predicted octanol–water partition coefficient (Wildman–Crippen LogP) is 2.75. The summed E-state index contributed by atoms with van der Waals surface area (Å²) in [6.07, 6.45) is 2.39. The molecule has 0 aromatic heterocycles. The minimum atomic E-state index is 0.549. The lowest BCUT2D eigenvalue weighted by Gasteiger charge is -2.20. The van der Waals surface area contributed by atoms with Gasteiger partial charge < -0.3 is 19.5 Å². The van der Waals surface area contributed by atoms with Crippen LogP contribution in [0, 0.1) is 0 Å². The van der Waals surface area contributed by atoms with Crippen molar-refractivity contribution in [2.45, 2.75) is 13.0 Å². The Kier molecular flexibility index (Phi) is 5.36. The molecule has 5 heteroatoms. The summed E-state index contributed by atoms with van der Waals surface area (Å²) in [5, 5.41) is 3.93. The molecule has 0 spiro atoms. The number of benzene rings is 1. The quantitative estimate of drug-likeness (QED) is 0.617. The zero-order valence-electron chi connectivity index (χ0n) is 10.8. The minimum absolute atomic E-state index is 0.549. The van der Waals surface area contributed by atoms with E-state index in [4.69, 9.17) is 25.8 Å². The molecule has 0 saturated carbocycles. The fourth-order valence-corrected chi connectivity index (χ4v) is 2.15. The van der Waals surface area contributed by atoms with Gasteiger partial charge in [0.1, 0.15) is 13.2 Å². The Morgan fingerprint density at radius 3 is 3.05 bits per heavy atom. The van der Waals surface area contributed by atoms with Gasteiger partial charge in [-0.05, 0) is 30.7 Å². The monoisotopic (exact) mass is 283 g/mol. The summed E-state index contributed by atoms with van der Waals surface area (Å²) in [6, 6.07) is 3.87. The van der Waals surface area contributed by atoms with Gasteiger partial charge in [0.05, 0.1) is 17.9 Å². The average molecular weight is 284 g/mol. The van der Waals surface area contributed by atoms with Crippen LogP contribution in [0.1, 0.15) is 12.0 Å². The third kappa shape index (κ3) is 4.04. The highest BCUT2D eigenvalue weighted by Crippen LogP contribution is 2.38. The number of hydrogen-bond donors (Lipinski definition) is 1. The Morgan fingerprint density at radius 2 is 2.21 bits per heavy atom. The molecule has 0 unspecified atom stereocenters. The standard InChI is InChI=1S/C14H18ClNO3/c1-2-17-5-3-4-16-10-11-8-12(15)14-13(9-11)18-6-7-19-14/h2,8-9,16H,1,3-7,10H2. The molecule has 104 valence electrons. The molecule has 0 amide bonds. The van der Waals surface area contributed by atoms with E-state index < -0.39 is 0 Å². The van der Waals surface area contributed by atoms with E-state index in [1.807, 2.05) is 12.1 Å². The lowest BCUT2D eigenvalue weighted by molar-refractivity contribution is 0.171. The second-order valence-corrected chi connectivity index (χ2v) is 4.58. The summed E-state index contributed by atoms with van der Waals surface area (Å²) < 4.78 is 16.1. The van der Waals surface area contributed by atoms with Crippen LogP contribution in [-0.4, -0.2) is 26.4 Å². The first-order valence-corrected chi connectivity index (χ1v) is 6.70. The second kappa shape index (κ2) is 7.26. The normalized spacial score (nSPS) is 13.1. The SMILES string of the molecule is C=COCCCNCc1cc(Cl)c2c(c1)OCCO2. The highest BCUT2D eigenvalue weighted by molar-refractivity contribution is 6.32. The predicted molar refractivity (Wildman–Crippen MR) is 74.9 cm³/mol. The summed E-state index contributed by atoms with van der Waals surface area (Å²) in [4.78, 5) is 0. The maximum atomic E-state index is 6.16. The molecule has 1 aromatic rings. The number of ether oxygens (including phenoxy) is 3. The van der Waals surface area contributed by atoms with Gasteiger partial charge in [-0.3, -0.25) is 0 Å². The van der Waals surface area contributed by atoms with Gasteiger partial charge >= 0.3 is 0 Å². The van der Waals surface area contributed by atoms with Gasteiger partial charge in [-0.1, -0.05) is 18.2 Å². The van der Waals surface area contributed by atoms with Crippen molar-refractivity contribution in [3.8, 4) is 11.5 Å². The van der Waals surface area contributed by atoms with Crippen molar-refractivity contribution < 1.29 is 14.2 Å². The molecule has 1 N–H and O–H groups in total. The first-order chi connectivity index (χ1) is 9.31. The minimum Gasteiger partial charge on any atom is -0.502 e. The van der Waals surface area contributed by atoms with Crippen LogP contribution < -0.4 is 14.8 Å². The molecule has 1 aromatic carbocycles. The summed E-state index contributed by atoms with van der Waals surface area (Å²) in [7, 11) is 0. The highest BCUT2D eigenvalue weighted by Gasteiger charge is 2.16. The van der Waals surface area contributed by atoms with Gasteiger partial charge in [-0.2, -0.15) is 0 Å². The Bertz CT molecular complexity index is 437. The molecule has 2 rings (SSSR count). The Morgan fingerprint density at radius 1 is 1.37 bits per heavy atom. The van der Waals surface area contributed by atoms with Crippen molar-refractivity contribution in [2.24, 2.45) is 0 Å². The van der Waals surface area contributed by atoms with E-state index in [0.717, 1.165) is 30.8 Å². The lowest BCUT2D eigenvalue weighted by Crippen LogP contribution is -2.18. The third-order valence-electron chi connectivity index (χ3n) is 2.72. The van der Waals surface area contributed by atoms with E-state index in [9.17, 15) is 0 Å². The van der Waals surface area contributed by atoms with Crippen LogP contribution >= 0.6 is 11.6 Å². The van der Waals surface area contributed by atoms with Crippen LogP contribution in [0.4, 0.5) is 0 Å². The maximum Gasteiger partial charge on any atom is 0.179 e. The summed E-state index contributed by atoms with van der Waals surface area (Å²) >= 11 is 6.16. The fraction of sp³-hybridized carbons (Fsp3) is 0.429. The molecule has 0 aliphatic carbocycles. The van der Waals surface area contributed by atoms with Gasteiger partial charge in [0.25, 0.3) is 0 Å². The van der Waals surface area contributed by atoms with E-state index in [-0.39, 0.29) is 0 Å². The number of rotatable bonds is 7. The maximum absolute atomic E-state index is 6.16. The molecule has 0 radical (unpaired) electrons. The van der Waals surface area contributed by atoms with Crippen LogP contribution in [-0.2, 0) is 11.3 Å². The van der Waals surface area contributed by atoms with Gasteiger partial charge in [0, 0.05) is 6.54 Å². The Hall–Kier alpha value is -1.39. The molecule has 0 fully saturated rings. The number of nitrogens with one attached hydrogen (secondary N) is 1. The fourth-order valence-electron chi connectivity index (χ4n) is 1.86. The topological polar surface area (TPSA) is 39.7 Å². The van der Waals surface area contributed by atoms with Crippen LogP contribution in [0.25, 0.3) is 0 Å². The van der Waals surface area contributed by atoms with Gasteiger partial charge in [-0.25, -0.2) is 0 Å². The number of hydrogen-bond acceptors (Lipinski definition) is 4. The zero-order chi connectivity index (χ0) is 13.5. The lowest BCUT2D eigenvalue weighted by atomic mass is 10.2. The van der Waals surface area contributed by atoms with Crippen molar-refractivity contribution in [1.29, 1.82) is 0 Å². The van der Waals surface area contributed by atoms with Crippen molar-refractivity contribution in [3.63, 3.8) is 0 Å². The molecular formula is C14H18ClNO3. The zero-order valence-corrected chi connectivity index (χ0v) is 11.5. The number of halogens is 1. The van der Waals surface area contributed by atoms with E-state index in [1.54, 1.807) is 0 Å². The average Bonchev–Trinajstić information content (AvgIpc) is 2.43. The molecule has 0 saturated heterocycles. The van der Waals surface area contributed by atoms with Crippen LogP contribution in [0.2, 0.25) is 5.02 Å². The van der Waals surface area contributed by atoms with E-state index >= 15 is 0 Å². The molecule has 0 atom stereocenters. The first kappa shape index (κ1) is 14.0. The van der Waals surface area contributed by atoms with Crippen LogP contribution in [0.3, 0.4) is 0 Å². The molecule has 0 bridgehead atoms. The largest absolute Gasteiger partial charge is 0.502 e. The Labute approximate surface area is 118 Å². The van der Waals surface area contributed by atoms with Crippen molar-refractivity contribution in [1.82, 2.24) is 5.32 Å².